The zero-order valence-electron chi connectivity index (χ0n) is 10.7. The fourth-order valence-electron chi connectivity index (χ4n) is 1.69. The number of pyridine rings is 1. The molecule has 0 radical (unpaired) electrons. The summed E-state index contributed by atoms with van der Waals surface area (Å²) in [5.74, 6) is -1.93. The Balaban J connectivity index is 2.09. The highest BCUT2D eigenvalue weighted by Crippen LogP contribution is 2.14. The maximum absolute atomic E-state index is 13.6. The van der Waals surface area contributed by atoms with Gasteiger partial charge in [-0.1, -0.05) is 12.1 Å². The largest absolute Gasteiger partial charge is 0.381 e. The Hall–Kier alpha value is -3.03. The second-order valence-corrected chi connectivity index (χ2v) is 4.17. The Bertz CT molecular complexity index is 706. The van der Waals surface area contributed by atoms with Gasteiger partial charge in [-0.15, -0.1) is 0 Å². The summed E-state index contributed by atoms with van der Waals surface area (Å²) < 4.78 is 13.6. The van der Waals surface area contributed by atoms with Crippen molar-refractivity contribution in [3.8, 4) is 0 Å². The van der Waals surface area contributed by atoms with Gasteiger partial charge in [0.05, 0.1) is 10.5 Å². The van der Waals surface area contributed by atoms with Crippen LogP contribution in [0.15, 0.2) is 36.5 Å². The summed E-state index contributed by atoms with van der Waals surface area (Å²) in [5, 5.41) is 13.1. The van der Waals surface area contributed by atoms with Crippen LogP contribution in [0, 0.1) is 15.9 Å². The summed E-state index contributed by atoms with van der Waals surface area (Å²) in [6, 6.07) is 7.00. The lowest BCUT2D eigenvalue weighted by Gasteiger charge is -2.07. The Morgan fingerprint density at radius 3 is 2.90 bits per heavy atom. The summed E-state index contributed by atoms with van der Waals surface area (Å²) in [6.07, 6.45) is 1.22. The third-order valence-electron chi connectivity index (χ3n) is 2.74. The first kappa shape index (κ1) is 14.4. The molecule has 0 aliphatic heterocycles. The van der Waals surface area contributed by atoms with Crippen LogP contribution in [-0.4, -0.2) is 15.8 Å². The fraction of sp³-hybridized carbons (Fsp3) is 0.0769. The molecule has 0 fully saturated rings. The van der Waals surface area contributed by atoms with Gasteiger partial charge in [0.2, 0.25) is 0 Å². The van der Waals surface area contributed by atoms with E-state index in [0.717, 1.165) is 0 Å². The molecule has 0 aliphatic carbocycles. The van der Waals surface area contributed by atoms with Crippen LogP contribution < -0.4 is 11.1 Å². The lowest BCUT2D eigenvalue weighted by Crippen LogP contribution is -2.24. The van der Waals surface area contributed by atoms with Gasteiger partial charge in [-0.2, -0.15) is 0 Å². The molecular weight excluding hydrogens is 279 g/mol. The summed E-state index contributed by atoms with van der Waals surface area (Å²) in [5.41, 5.74) is 5.49. The molecule has 1 amide bonds. The summed E-state index contributed by atoms with van der Waals surface area (Å²) in [7, 11) is 0. The number of nitrogen functional groups attached to an aromatic ring is 1. The molecular formula is C13H11FN4O3. The number of nitrogens with one attached hydrogen (secondary N) is 1. The summed E-state index contributed by atoms with van der Waals surface area (Å²) in [6.45, 7) is 0.0299. The number of nitrogens with two attached hydrogens (primary N) is 1. The number of hydrogen-bond acceptors (Lipinski definition) is 5. The van der Waals surface area contributed by atoms with Gasteiger partial charge in [0.1, 0.15) is 0 Å². The van der Waals surface area contributed by atoms with E-state index in [0.29, 0.717) is 5.56 Å². The van der Waals surface area contributed by atoms with Crippen molar-refractivity contribution in [3.05, 3.63) is 63.6 Å². The van der Waals surface area contributed by atoms with Gasteiger partial charge in [0.25, 0.3) is 11.6 Å². The van der Waals surface area contributed by atoms with E-state index in [4.69, 9.17) is 5.73 Å². The van der Waals surface area contributed by atoms with E-state index in [2.05, 4.69) is 10.3 Å². The zero-order valence-corrected chi connectivity index (χ0v) is 10.7. The number of rotatable bonds is 4. The van der Waals surface area contributed by atoms with E-state index in [-0.39, 0.29) is 23.6 Å². The first-order chi connectivity index (χ1) is 9.99. The monoisotopic (exact) mass is 290 g/mol. The van der Waals surface area contributed by atoms with Gasteiger partial charge in [0, 0.05) is 24.9 Å². The maximum Gasteiger partial charge on any atom is 0.269 e. The smallest absolute Gasteiger partial charge is 0.269 e. The van der Waals surface area contributed by atoms with Crippen LogP contribution >= 0.6 is 0 Å². The molecule has 8 heteroatoms. The summed E-state index contributed by atoms with van der Waals surface area (Å²) in [4.78, 5) is 25.5. The normalized spacial score (nSPS) is 10.1. The molecule has 0 aliphatic rings. The Kier molecular flexibility index (Phi) is 4.07. The van der Waals surface area contributed by atoms with Crippen LogP contribution in [0.4, 0.5) is 15.9 Å². The molecule has 0 atom stereocenters. The standard InChI is InChI=1S/C13H11FN4O3/c14-11-10(4-5-16-12(11)15)13(19)17-7-8-2-1-3-9(6-8)18(20)21/h1-6H,7H2,(H2,15,16)(H,17,19). The van der Waals surface area contributed by atoms with E-state index in [1.54, 1.807) is 6.07 Å². The van der Waals surface area contributed by atoms with Crippen molar-refractivity contribution in [2.45, 2.75) is 6.54 Å². The van der Waals surface area contributed by atoms with Crippen molar-refractivity contribution in [2.75, 3.05) is 5.73 Å². The van der Waals surface area contributed by atoms with Crippen LogP contribution in [0.2, 0.25) is 0 Å². The molecule has 0 saturated carbocycles. The predicted molar refractivity (Wildman–Crippen MR) is 72.9 cm³/mol. The number of anilines is 1. The molecule has 1 aromatic carbocycles. The second kappa shape index (κ2) is 5.95. The number of aromatic nitrogens is 1. The Morgan fingerprint density at radius 1 is 1.43 bits per heavy atom. The Morgan fingerprint density at radius 2 is 2.19 bits per heavy atom. The van der Waals surface area contributed by atoms with Crippen molar-refractivity contribution < 1.29 is 14.1 Å². The number of carbonyl (C=O) groups is 1. The van der Waals surface area contributed by atoms with Crippen molar-refractivity contribution in [2.24, 2.45) is 0 Å². The summed E-state index contributed by atoms with van der Waals surface area (Å²) >= 11 is 0. The van der Waals surface area contributed by atoms with Crippen molar-refractivity contribution >= 4 is 17.4 Å². The van der Waals surface area contributed by atoms with Crippen LogP contribution in [0.3, 0.4) is 0 Å². The number of non-ortho nitro benzene ring substituents is 1. The number of halogens is 1. The molecule has 3 N–H and O–H groups in total. The molecule has 2 rings (SSSR count). The number of carbonyl (C=O) groups excluding carboxylic acids is 1. The third-order valence-corrected chi connectivity index (χ3v) is 2.74. The van der Waals surface area contributed by atoms with E-state index in [1.165, 1.54) is 30.5 Å². The van der Waals surface area contributed by atoms with Crippen LogP contribution in [0.1, 0.15) is 15.9 Å². The maximum atomic E-state index is 13.6. The first-order valence-electron chi connectivity index (χ1n) is 5.90. The number of benzene rings is 1. The number of hydrogen-bond donors (Lipinski definition) is 2. The molecule has 1 heterocycles. The van der Waals surface area contributed by atoms with Crippen molar-refractivity contribution in [3.63, 3.8) is 0 Å². The third kappa shape index (κ3) is 3.30. The fourth-order valence-corrected chi connectivity index (χ4v) is 1.69. The van der Waals surface area contributed by atoms with E-state index in [1.807, 2.05) is 0 Å². The lowest BCUT2D eigenvalue weighted by atomic mass is 10.2. The lowest BCUT2D eigenvalue weighted by molar-refractivity contribution is -0.384. The van der Waals surface area contributed by atoms with Crippen molar-refractivity contribution in [1.82, 2.24) is 10.3 Å². The molecule has 7 nitrogen and oxygen atoms in total. The Labute approximate surface area is 118 Å². The second-order valence-electron chi connectivity index (χ2n) is 4.17. The predicted octanol–water partition coefficient (Wildman–Crippen LogP) is 1.64. The highest BCUT2D eigenvalue weighted by Gasteiger charge is 2.14. The molecule has 0 bridgehead atoms. The van der Waals surface area contributed by atoms with Crippen molar-refractivity contribution in [1.29, 1.82) is 0 Å². The quantitative estimate of drug-likeness (QED) is 0.656. The molecule has 0 unspecified atom stereocenters. The molecule has 2 aromatic rings. The molecule has 21 heavy (non-hydrogen) atoms. The highest BCUT2D eigenvalue weighted by atomic mass is 19.1. The van der Waals surface area contributed by atoms with Gasteiger partial charge >= 0.3 is 0 Å². The average Bonchev–Trinajstić information content (AvgIpc) is 2.48. The number of nitro groups is 1. The van der Waals surface area contributed by atoms with Crippen LogP contribution in [0.5, 0.6) is 0 Å². The molecule has 0 spiro atoms. The van der Waals surface area contributed by atoms with E-state index < -0.39 is 16.6 Å². The van der Waals surface area contributed by atoms with E-state index in [9.17, 15) is 19.3 Å². The minimum absolute atomic E-state index is 0.0299. The van der Waals surface area contributed by atoms with Gasteiger partial charge in [-0.05, 0) is 11.6 Å². The first-order valence-corrected chi connectivity index (χ1v) is 5.90. The minimum atomic E-state index is -0.894. The highest BCUT2D eigenvalue weighted by molar-refractivity contribution is 5.95. The molecule has 1 aromatic heterocycles. The minimum Gasteiger partial charge on any atom is -0.381 e. The van der Waals surface area contributed by atoms with Gasteiger partial charge in [-0.3, -0.25) is 14.9 Å². The van der Waals surface area contributed by atoms with Crippen LogP contribution in [-0.2, 0) is 6.54 Å². The van der Waals surface area contributed by atoms with Gasteiger partial charge < -0.3 is 11.1 Å². The SMILES string of the molecule is Nc1nccc(C(=O)NCc2cccc([N+](=O)[O-])c2)c1F. The zero-order chi connectivity index (χ0) is 15.4. The number of nitrogens with zero attached hydrogens (tertiary/aromatic N) is 2. The van der Waals surface area contributed by atoms with Gasteiger partial charge in [-0.25, -0.2) is 9.37 Å². The number of nitro benzene ring substituents is 1. The topological polar surface area (TPSA) is 111 Å². The number of amides is 1. The average molecular weight is 290 g/mol. The molecule has 0 saturated heterocycles. The van der Waals surface area contributed by atoms with Crippen LogP contribution in [0.25, 0.3) is 0 Å². The van der Waals surface area contributed by atoms with Gasteiger partial charge in [0.15, 0.2) is 11.6 Å². The molecule has 108 valence electrons. The van der Waals surface area contributed by atoms with E-state index >= 15 is 0 Å².